The Morgan fingerprint density at radius 2 is 1.57 bits per heavy atom. The monoisotopic (exact) mass is 499 g/mol. The Morgan fingerprint density at radius 1 is 0.919 bits per heavy atom. The van der Waals surface area contributed by atoms with Crippen LogP contribution in [-0.2, 0) is 13.5 Å². The highest BCUT2D eigenvalue weighted by molar-refractivity contribution is 6.00. The van der Waals surface area contributed by atoms with E-state index in [1.807, 2.05) is 47.4 Å². The van der Waals surface area contributed by atoms with Gasteiger partial charge in [-0.05, 0) is 53.9 Å². The molecule has 0 saturated heterocycles. The zero-order chi connectivity index (χ0) is 26.1. The lowest BCUT2D eigenvalue weighted by molar-refractivity contribution is 0.0741. The number of carbonyl (C=O) groups is 1. The molecule has 1 atom stereocenters. The average Bonchev–Trinajstić information content (AvgIpc) is 3.42. The van der Waals surface area contributed by atoms with Gasteiger partial charge in [0.05, 0.1) is 33.1 Å². The molecule has 0 saturated carbocycles. The molecule has 1 aliphatic rings. The fourth-order valence-corrected chi connectivity index (χ4v) is 4.97. The van der Waals surface area contributed by atoms with Crippen molar-refractivity contribution in [3.8, 4) is 34.3 Å². The Bertz CT molecular complexity index is 1410. The lowest BCUT2D eigenvalue weighted by atomic mass is 9.95. The van der Waals surface area contributed by atoms with Crippen LogP contribution in [0.2, 0.25) is 0 Å². The standard InChI is InChI=1S/C29H29N3O5/c1-31-27-24(25(30-31)19-10-12-21(35-2)13-11-19)26(20-16-22(36-3)28(33)23(17-20)37-4)32(29(27)34)15-14-18-8-6-5-7-9-18/h5-13,16-17,26,33H,14-15H2,1-4H3/t26-/m0/s1. The number of hydrogen-bond acceptors (Lipinski definition) is 6. The van der Waals surface area contributed by atoms with Crippen molar-refractivity contribution in [2.75, 3.05) is 27.9 Å². The number of aryl methyl sites for hydroxylation is 1. The third kappa shape index (κ3) is 4.24. The van der Waals surface area contributed by atoms with E-state index in [9.17, 15) is 9.90 Å². The van der Waals surface area contributed by atoms with E-state index < -0.39 is 6.04 Å². The number of nitrogens with zero attached hydrogens (tertiary/aromatic N) is 3. The molecule has 3 aromatic carbocycles. The van der Waals surface area contributed by atoms with E-state index >= 15 is 0 Å². The van der Waals surface area contributed by atoms with E-state index in [4.69, 9.17) is 19.3 Å². The lowest BCUT2D eigenvalue weighted by Crippen LogP contribution is -2.32. The normalized spacial score (nSPS) is 14.5. The summed E-state index contributed by atoms with van der Waals surface area (Å²) in [6, 6.07) is 20.8. The van der Waals surface area contributed by atoms with Crippen molar-refractivity contribution >= 4 is 5.91 Å². The third-order valence-electron chi connectivity index (χ3n) is 6.80. The van der Waals surface area contributed by atoms with Crippen LogP contribution in [0.4, 0.5) is 0 Å². The van der Waals surface area contributed by atoms with Gasteiger partial charge in [0.25, 0.3) is 5.91 Å². The highest BCUT2D eigenvalue weighted by Crippen LogP contribution is 2.47. The number of ether oxygens (including phenoxy) is 3. The number of aromatic nitrogens is 2. The molecule has 1 amide bonds. The number of methoxy groups -OCH3 is 3. The van der Waals surface area contributed by atoms with Crippen LogP contribution in [0, 0.1) is 0 Å². The molecular formula is C29H29N3O5. The maximum absolute atomic E-state index is 13.9. The molecule has 1 aromatic heterocycles. The van der Waals surface area contributed by atoms with Gasteiger partial charge in [0.2, 0.25) is 5.75 Å². The zero-order valence-electron chi connectivity index (χ0n) is 21.3. The van der Waals surface area contributed by atoms with Crippen LogP contribution in [-0.4, -0.2) is 53.6 Å². The number of amides is 1. The Kier molecular flexibility index (Phi) is 6.48. The Balaban J connectivity index is 1.67. The van der Waals surface area contributed by atoms with Crippen LogP contribution in [0.15, 0.2) is 66.7 Å². The van der Waals surface area contributed by atoms with Gasteiger partial charge in [0.15, 0.2) is 11.5 Å². The minimum atomic E-state index is -0.458. The van der Waals surface area contributed by atoms with E-state index in [0.717, 1.165) is 28.0 Å². The predicted octanol–water partition coefficient (Wildman–Crippen LogP) is 4.61. The second kappa shape index (κ2) is 9.89. The number of hydrogen-bond donors (Lipinski definition) is 1. The van der Waals surface area contributed by atoms with Crippen LogP contribution in [0.1, 0.15) is 33.2 Å². The van der Waals surface area contributed by atoms with Gasteiger partial charge < -0.3 is 24.2 Å². The Hall–Kier alpha value is -4.46. The van der Waals surface area contributed by atoms with E-state index in [1.165, 1.54) is 14.2 Å². The van der Waals surface area contributed by atoms with Gasteiger partial charge in [0.1, 0.15) is 11.4 Å². The summed E-state index contributed by atoms with van der Waals surface area (Å²) in [5.74, 6) is 1.09. The summed E-state index contributed by atoms with van der Waals surface area (Å²) in [4.78, 5) is 15.7. The molecule has 1 N–H and O–H groups in total. The number of aromatic hydroxyl groups is 1. The molecule has 0 aliphatic carbocycles. The third-order valence-corrected chi connectivity index (χ3v) is 6.80. The van der Waals surface area contributed by atoms with E-state index in [0.29, 0.717) is 24.4 Å². The van der Waals surface area contributed by atoms with Crippen LogP contribution >= 0.6 is 0 Å². The lowest BCUT2D eigenvalue weighted by Gasteiger charge is -2.27. The minimum absolute atomic E-state index is 0.0873. The average molecular weight is 500 g/mol. The van der Waals surface area contributed by atoms with Crippen LogP contribution in [0.25, 0.3) is 11.3 Å². The van der Waals surface area contributed by atoms with E-state index in [-0.39, 0.29) is 23.2 Å². The van der Waals surface area contributed by atoms with E-state index in [1.54, 1.807) is 31.0 Å². The van der Waals surface area contributed by atoms with Crippen molar-refractivity contribution in [3.05, 3.63) is 89.1 Å². The van der Waals surface area contributed by atoms with Gasteiger partial charge in [0, 0.05) is 24.7 Å². The maximum Gasteiger partial charge on any atom is 0.273 e. The summed E-state index contributed by atoms with van der Waals surface area (Å²) in [5.41, 5.74) is 4.83. The first kappa shape index (κ1) is 24.2. The van der Waals surface area contributed by atoms with Crippen LogP contribution < -0.4 is 14.2 Å². The van der Waals surface area contributed by atoms with Crippen molar-refractivity contribution in [2.45, 2.75) is 12.5 Å². The van der Waals surface area contributed by atoms with Gasteiger partial charge in [-0.25, -0.2) is 0 Å². The summed E-state index contributed by atoms with van der Waals surface area (Å²) in [6.45, 7) is 0.496. The number of phenols is 1. The molecule has 0 spiro atoms. The first-order valence-electron chi connectivity index (χ1n) is 12.0. The molecule has 8 nitrogen and oxygen atoms in total. The summed E-state index contributed by atoms with van der Waals surface area (Å²) in [5, 5.41) is 15.3. The summed E-state index contributed by atoms with van der Waals surface area (Å²) >= 11 is 0. The Labute approximate surface area is 215 Å². The fraction of sp³-hybridized carbons (Fsp3) is 0.241. The van der Waals surface area contributed by atoms with Crippen molar-refractivity contribution in [1.29, 1.82) is 0 Å². The molecule has 8 heteroatoms. The quantitative estimate of drug-likeness (QED) is 0.381. The number of benzene rings is 3. The van der Waals surface area contributed by atoms with Crippen molar-refractivity contribution in [1.82, 2.24) is 14.7 Å². The molecule has 5 rings (SSSR count). The highest BCUT2D eigenvalue weighted by Gasteiger charge is 2.43. The molecule has 1 aliphatic heterocycles. The zero-order valence-corrected chi connectivity index (χ0v) is 21.3. The fourth-order valence-electron chi connectivity index (χ4n) is 4.97. The van der Waals surface area contributed by atoms with Gasteiger partial charge in [-0.1, -0.05) is 30.3 Å². The number of carbonyl (C=O) groups excluding carboxylic acids is 1. The van der Waals surface area contributed by atoms with Crippen molar-refractivity contribution in [3.63, 3.8) is 0 Å². The summed E-state index contributed by atoms with van der Waals surface area (Å²) < 4.78 is 17.9. The number of rotatable bonds is 8. The SMILES string of the molecule is COc1ccc(-c2nn(C)c3c2[C@H](c2cc(OC)c(O)c(OC)c2)N(CCc2ccccc2)C3=O)cc1. The smallest absolute Gasteiger partial charge is 0.273 e. The summed E-state index contributed by atoms with van der Waals surface area (Å²) in [6.07, 6.45) is 0.689. The highest BCUT2D eigenvalue weighted by atomic mass is 16.5. The van der Waals surface area contributed by atoms with Crippen LogP contribution in [0.3, 0.4) is 0 Å². The Morgan fingerprint density at radius 3 is 2.16 bits per heavy atom. The van der Waals surface area contributed by atoms with Gasteiger partial charge in [-0.3, -0.25) is 9.48 Å². The van der Waals surface area contributed by atoms with Gasteiger partial charge in [-0.2, -0.15) is 5.10 Å². The molecular weight excluding hydrogens is 470 g/mol. The van der Waals surface area contributed by atoms with Crippen molar-refractivity contribution in [2.24, 2.45) is 7.05 Å². The molecule has 0 fully saturated rings. The van der Waals surface area contributed by atoms with Gasteiger partial charge >= 0.3 is 0 Å². The molecule has 0 radical (unpaired) electrons. The second-order valence-corrected chi connectivity index (χ2v) is 8.87. The number of fused-ring (bicyclic) bond motifs is 1. The topological polar surface area (TPSA) is 86.1 Å². The molecule has 37 heavy (non-hydrogen) atoms. The summed E-state index contributed by atoms with van der Waals surface area (Å²) in [7, 11) is 6.39. The first-order valence-corrected chi connectivity index (χ1v) is 12.0. The van der Waals surface area contributed by atoms with Crippen LogP contribution in [0.5, 0.6) is 23.0 Å². The van der Waals surface area contributed by atoms with Crippen molar-refractivity contribution < 1.29 is 24.1 Å². The maximum atomic E-state index is 13.9. The molecule has 190 valence electrons. The van der Waals surface area contributed by atoms with E-state index in [2.05, 4.69) is 12.1 Å². The largest absolute Gasteiger partial charge is 0.502 e. The minimum Gasteiger partial charge on any atom is -0.502 e. The predicted molar refractivity (Wildman–Crippen MR) is 139 cm³/mol. The number of phenolic OH excluding ortho intramolecular Hbond substituents is 1. The molecule has 2 heterocycles. The molecule has 4 aromatic rings. The molecule has 0 bridgehead atoms. The second-order valence-electron chi connectivity index (χ2n) is 8.87. The van der Waals surface area contributed by atoms with Gasteiger partial charge in [-0.15, -0.1) is 0 Å². The molecule has 0 unspecified atom stereocenters. The first-order chi connectivity index (χ1) is 18.0.